The maximum Gasteiger partial charge on any atom is 0.306 e. The fourth-order valence-corrected chi connectivity index (χ4v) is 7.54. The summed E-state index contributed by atoms with van der Waals surface area (Å²) >= 11 is 0. The molecule has 6 heteroatoms. The predicted octanol–water partition coefficient (Wildman–Crippen LogP) is 18.2. The van der Waals surface area contributed by atoms with Crippen LogP contribution in [-0.4, -0.2) is 37.2 Å². The van der Waals surface area contributed by atoms with E-state index in [9.17, 15) is 14.4 Å². The van der Waals surface area contributed by atoms with E-state index in [1.807, 2.05) is 6.08 Å². The van der Waals surface area contributed by atoms with Crippen molar-refractivity contribution in [2.24, 2.45) is 0 Å². The van der Waals surface area contributed by atoms with Crippen LogP contribution in [0.3, 0.4) is 0 Å². The van der Waals surface area contributed by atoms with Gasteiger partial charge in [0.1, 0.15) is 13.2 Å². The number of esters is 3. The van der Waals surface area contributed by atoms with E-state index in [1.54, 1.807) is 0 Å². The lowest BCUT2D eigenvalue weighted by molar-refractivity contribution is -0.166. The summed E-state index contributed by atoms with van der Waals surface area (Å²) in [6.07, 6.45) is 67.5. The summed E-state index contributed by atoms with van der Waals surface area (Å²) in [5.41, 5.74) is 0. The minimum atomic E-state index is -0.805. The normalized spacial score (nSPS) is 12.6. The number of rotatable bonds is 49. The van der Waals surface area contributed by atoms with Crippen LogP contribution in [0.4, 0.5) is 0 Å². The molecule has 0 aliphatic rings. The molecular weight excluding hydrogens is 805 g/mol. The maximum atomic E-state index is 12.8. The quantitative estimate of drug-likeness (QED) is 0.0199. The Balaban J connectivity index is 4.42. The second-order valence-corrected chi connectivity index (χ2v) is 18.2. The van der Waals surface area contributed by atoms with E-state index in [1.165, 1.54) is 154 Å². The van der Waals surface area contributed by atoms with Gasteiger partial charge in [-0.2, -0.15) is 0 Å². The highest BCUT2D eigenvalue weighted by atomic mass is 16.6. The molecule has 0 saturated heterocycles. The topological polar surface area (TPSA) is 78.9 Å². The summed E-state index contributed by atoms with van der Waals surface area (Å²) in [5.74, 6) is -0.980. The number of hydrogen-bond acceptors (Lipinski definition) is 6. The highest BCUT2D eigenvalue weighted by Crippen LogP contribution is 2.14. The molecule has 0 aromatic heterocycles. The molecule has 0 bridgehead atoms. The van der Waals surface area contributed by atoms with Crippen molar-refractivity contribution in [3.63, 3.8) is 0 Å². The minimum absolute atomic E-state index is 0.0988. The third kappa shape index (κ3) is 51.7. The van der Waals surface area contributed by atoms with E-state index in [0.717, 1.165) is 64.2 Å². The highest BCUT2D eigenvalue weighted by Gasteiger charge is 2.19. The SMILES string of the molecule is CCCCC/C=C/C=C/CCCCCCCCCCCCC(=O)OCC(COC(=O)CC/C=C/C/C=C/CCCCCCCC)OC(=O)CCCCCCCC/C=C/C=C/CCCCC. The zero-order valence-electron chi connectivity index (χ0n) is 42.7. The molecule has 65 heavy (non-hydrogen) atoms. The standard InChI is InChI=1S/C59H102O6/c1-4-7-10-13-16-19-22-25-27-28-29-30-32-34-37-40-43-46-49-52-58(61)64-55-56(54-63-57(60)51-48-45-42-39-36-33-24-21-18-15-12-9-6-3)65-59(62)53-50-47-44-41-38-35-31-26-23-20-17-14-11-8-5-2/h16-17,19-20,22-23,25-26,33,36,42,45,56H,4-15,18,21,24,27-32,34-35,37-41,43-44,46-55H2,1-3H3/b19-16+,20-17+,25-22+,26-23+,36-33+,45-42+. The predicted molar refractivity (Wildman–Crippen MR) is 279 cm³/mol. The Morgan fingerprint density at radius 1 is 0.323 bits per heavy atom. The molecule has 0 heterocycles. The summed E-state index contributed by atoms with van der Waals surface area (Å²) in [6, 6.07) is 0. The molecule has 0 aromatic carbocycles. The van der Waals surface area contributed by atoms with Gasteiger partial charge in [0.05, 0.1) is 0 Å². The molecule has 0 aliphatic heterocycles. The van der Waals surface area contributed by atoms with Gasteiger partial charge in [0.2, 0.25) is 0 Å². The van der Waals surface area contributed by atoms with Crippen molar-refractivity contribution in [3.05, 3.63) is 72.9 Å². The van der Waals surface area contributed by atoms with Crippen LogP contribution < -0.4 is 0 Å². The molecule has 0 aromatic rings. The molecule has 0 amide bonds. The Bertz CT molecular complexity index is 1230. The van der Waals surface area contributed by atoms with Gasteiger partial charge in [0.25, 0.3) is 0 Å². The number of carbonyl (C=O) groups is 3. The van der Waals surface area contributed by atoms with Gasteiger partial charge in [-0.3, -0.25) is 14.4 Å². The van der Waals surface area contributed by atoms with Gasteiger partial charge >= 0.3 is 17.9 Å². The lowest BCUT2D eigenvalue weighted by Crippen LogP contribution is -2.30. The molecular formula is C59H102O6. The van der Waals surface area contributed by atoms with Gasteiger partial charge in [0.15, 0.2) is 6.10 Å². The first-order chi connectivity index (χ1) is 32.0. The Hall–Kier alpha value is -3.15. The van der Waals surface area contributed by atoms with Gasteiger partial charge < -0.3 is 14.2 Å². The van der Waals surface area contributed by atoms with E-state index >= 15 is 0 Å². The number of carbonyl (C=O) groups excluding carboxylic acids is 3. The van der Waals surface area contributed by atoms with E-state index in [-0.39, 0.29) is 37.5 Å². The fourth-order valence-electron chi connectivity index (χ4n) is 7.54. The van der Waals surface area contributed by atoms with Crippen LogP contribution in [0.15, 0.2) is 72.9 Å². The van der Waals surface area contributed by atoms with E-state index in [0.29, 0.717) is 19.3 Å². The van der Waals surface area contributed by atoms with Crippen molar-refractivity contribution in [3.8, 4) is 0 Å². The van der Waals surface area contributed by atoms with Crippen LogP contribution in [0.2, 0.25) is 0 Å². The lowest BCUT2D eigenvalue weighted by atomic mass is 10.1. The molecule has 0 N–H and O–H groups in total. The first kappa shape index (κ1) is 61.9. The first-order valence-electron chi connectivity index (χ1n) is 27.5. The Morgan fingerprint density at radius 2 is 0.631 bits per heavy atom. The average molecular weight is 907 g/mol. The minimum Gasteiger partial charge on any atom is -0.462 e. The molecule has 1 atom stereocenters. The third-order valence-electron chi connectivity index (χ3n) is 11.7. The van der Waals surface area contributed by atoms with Gasteiger partial charge in [-0.1, -0.05) is 229 Å². The van der Waals surface area contributed by atoms with Crippen molar-refractivity contribution in [2.45, 2.75) is 271 Å². The largest absolute Gasteiger partial charge is 0.462 e. The molecule has 1 unspecified atom stereocenters. The number of allylic oxidation sites excluding steroid dienone is 12. The van der Waals surface area contributed by atoms with Crippen LogP contribution in [0.5, 0.6) is 0 Å². The molecule has 0 saturated carbocycles. The Labute approximate surface area is 402 Å². The summed E-state index contributed by atoms with van der Waals surface area (Å²) in [6.45, 7) is 6.52. The van der Waals surface area contributed by atoms with Crippen molar-refractivity contribution < 1.29 is 28.6 Å². The second kappa shape index (κ2) is 53.5. The van der Waals surface area contributed by atoms with Gasteiger partial charge in [-0.15, -0.1) is 0 Å². The Morgan fingerprint density at radius 3 is 1.06 bits per heavy atom. The zero-order chi connectivity index (χ0) is 47.2. The molecule has 0 radical (unpaired) electrons. The second-order valence-electron chi connectivity index (χ2n) is 18.2. The van der Waals surface area contributed by atoms with Crippen LogP contribution in [0, 0.1) is 0 Å². The van der Waals surface area contributed by atoms with Crippen LogP contribution >= 0.6 is 0 Å². The van der Waals surface area contributed by atoms with Crippen LogP contribution in [-0.2, 0) is 28.6 Å². The molecule has 374 valence electrons. The lowest BCUT2D eigenvalue weighted by Gasteiger charge is -2.18. The summed E-state index contributed by atoms with van der Waals surface area (Å²) in [5, 5.41) is 0. The summed E-state index contributed by atoms with van der Waals surface area (Å²) in [7, 11) is 0. The molecule has 0 aliphatic carbocycles. The molecule has 0 fully saturated rings. The highest BCUT2D eigenvalue weighted by molar-refractivity contribution is 5.71. The van der Waals surface area contributed by atoms with E-state index < -0.39 is 6.10 Å². The van der Waals surface area contributed by atoms with Gasteiger partial charge in [-0.25, -0.2) is 0 Å². The van der Waals surface area contributed by atoms with Crippen LogP contribution in [0.25, 0.3) is 0 Å². The third-order valence-corrected chi connectivity index (χ3v) is 11.7. The van der Waals surface area contributed by atoms with Crippen molar-refractivity contribution in [1.29, 1.82) is 0 Å². The smallest absolute Gasteiger partial charge is 0.306 e. The fraction of sp³-hybridized carbons (Fsp3) is 0.746. The van der Waals surface area contributed by atoms with Gasteiger partial charge in [-0.05, 0) is 89.9 Å². The number of unbranched alkanes of at least 4 members (excludes halogenated alkanes) is 28. The van der Waals surface area contributed by atoms with Crippen molar-refractivity contribution in [2.75, 3.05) is 13.2 Å². The van der Waals surface area contributed by atoms with E-state index in [4.69, 9.17) is 14.2 Å². The van der Waals surface area contributed by atoms with Gasteiger partial charge in [0, 0.05) is 19.3 Å². The average Bonchev–Trinajstić information content (AvgIpc) is 3.30. The Kier molecular flexibility index (Phi) is 50.9. The van der Waals surface area contributed by atoms with Crippen molar-refractivity contribution in [1.82, 2.24) is 0 Å². The van der Waals surface area contributed by atoms with Crippen LogP contribution in [0.1, 0.15) is 265 Å². The maximum absolute atomic E-state index is 12.8. The number of hydrogen-bond donors (Lipinski definition) is 0. The van der Waals surface area contributed by atoms with Crippen molar-refractivity contribution >= 4 is 17.9 Å². The molecule has 0 rings (SSSR count). The summed E-state index contributed by atoms with van der Waals surface area (Å²) < 4.78 is 16.8. The molecule has 6 nitrogen and oxygen atoms in total. The molecule has 0 spiro atoms. The number of ether oxygens (including phenoxy) is 3. The van der Waals surface area contributed by atoms with E-state index in [2.05, 4.69) is 87.6 Å². The zero-order valence-corrected chi connectivity index (χ0v) is 42.7. The monoisotopic (exact) mass is 907 g/mol. The first-order valence-corrected chi connectivity index (χ1v) is 27.5. The summed E-state index contributed by atoms with van der Waals surface area (Å²) in [4.78, 5) is 38.0.